The quantitative estimate of drug-likeness (QED) is 0.851. The lowest BCUT2D eigenvalue weighted by molar-refractivity contribution is -0.136. The van der Waals surface area contributed by atoms with Gasteiger partial charge in [-0.2, -0.15) is 0 Å². The molecule has 0 saturated carbocycles. The molecular weight excluding hydrogens is 354 g/mol. The fourth-order valence-electron chi connectivity index (χ4n) is 3.54. The van der Waals surface area contributed by atoms with Crippen molar-refractivity contribution in [3.63, 3.8) is 0 Å². The Labute approximate surface area is 166 Å². The van der Waals surface area contributed by atoms with Crippen LogP contribution in [0.1, 0.15) is 56.9 Å². The molecule has 150 valence electrons. The van der Waals surface area contributed by atoms with Crippen molar-refractivity contribution in [1.82, 2.24) is 10.1 Å². The second-order valence-corrected chi connectivity index (χ2v) is 8.50. The number of rotatable bonds is 5. The van der Waals surface area contributed by atoms with Gasteiger partial charge in [-0.05, 0) is 42.7 Å². The first-order valence-electron chi connectivity index (χ1n) is 9.87. The van der Waals surface area contributed by atoms with Gasteiger partial charge in [-0.1, -0.05) is 50.2 Å². The summed E-state index contributed by atoms with van der Waals surface area (Å²) in [5.41, 5.74) is 2.54. The van der Waals surface area contributed by atoms with E-state index in [0.29, 0.717) is 37.4 Å². The summed E-state index contributed by atoms with van der Waals surface area (Å²) in [5, 5.41) is 6.53. The third kappa shape index (κ3) is 4.80. The Balaban J connectivity index is 1.56. The van der Waals surface area contributed by atoms with Crippen LogP contribution in [0.4, 0.5) is 5.82 Å². The van der Waals surface area contributed by atoms with E-state index in [9.17, 15) is 9.59 Å². The van der Waals surface area contributed by atoms with Crippen molar-refractivity contribution in [2.75, 3.05) is 11.9 Å². The van der Waals surface area contributed by atoms with E-state index in [2.05, 4.69) is 55.5 Å². The van der Waals surface area contributed by atoms with Crippen LogP contribution < -0.4 is 5.32 Å². The average Bonchev–Trinajstić information content (AvgIpc) is 3.28. The Morgan fingerprint density at radius 1 is 1.25 bits per heavy atom. The molecule has 1 aliphatic heterocycles. The monoisotopic (exact) mass is 383 g/mol. The summed E-state index contributed by atoms with van der Waals surface area (Å²) < 4.78 is 4.97. The fraction of sp³-hybridized carbons (Fsp3) is 0.500. The summed E-state index contributed by atoms with van der Waals surface area (Å²) in [4.78, 5) is 27.0. The lowest BCUT2D eigenvalue weighted by atomic mass is 9.86. The molecule has 0 aliphatic carbocycles. The van der Waals surface area contributed by atoms with Gasteiger partial charge in [0.2, 0.25) is 11.8 Å². The first kappa shape index (κ1) is 20.1. The van der Waals surface area contributed by atoms with Gasteiger partial charge < -0.3 is 14.7 Å². The SMILES string of the molecule is Cc1cc(NC(=O)C2CCCN2C(=O)CCc2ccc(C(C)(C)C)cc2)no1. The number of nitrogens with zero attached hydrogens (tertiary/aromatic N) is 2. The molecule has 2 aromatic rings. The van der Waals surface area contributed by atoms with Gasteiger partial charge in [-0.15, -0.1) is 0 Å². The number of anilines is 1. The Morgan fingerprint density at radius 2 is 1.96 bits per heavy atom. The number of carbonyl (C=O) groups excluding carboxylic acids is 2. The van der Waals surface area contributed by atoms with Crippen LogP contribution in [0.2, 0.25) is 0 Å². The Hall–Kier alpha value is -2.63. The number of aryl methyl sites for hydroxylation is 2. The molecule has 0 radical (unpaired) electrons. The van der Waals surface area contributed by atoms with E-state index in [4.69, 9.17) is 4.52 Å². The molecule has 0 spiro atoms. The molecule has 1 saturated heterocycles. The molecular formula is C22H29N3O3. The smallest absolute Gasteiger partial charge is 0.248 e. The summed E-state index contributed by atoms with van der Waals surface area (Å²) in [7, 11) is 0. The van der Waals surface area contributed by atoms with E-state index >= 15 is 0 Å². The highest BCUT2D eigenvalue weighted by atomic mass is 16.5. The summed E-state index contributed by atoms with van der Waals surface area (Å²) >= 11 is 0. The average molecular weight is 383 g/mol. The maximum Gasteiger partial charge on any atom is 0.248 e. The molecule has 0 bridgehead atoms. The first-order valence-corrected chi connectivity index (χ1v) is 9.87. The van der Waals surface area contributed by atoms with Crippen LogP contribution in [0.25, 0.3) is 0 Å². The first-order chi connectivity index (χ1) is 13.2. The van der Waals surface area contributed by atoms with Crippen molar-refractivity contribution in [3.05, 3.63) is 47.2 Å². The van der Waals surface area contributed by atoms with Gasteiger partial charge >= 0.3 is 0 Å². The highest BCUT2D eigenvalue weighted by Crippen LogP contribution is 2.24. The number of hydrogen-bond donors (Lipinski definition) is 1. The van der Waals surface area contributed by atoms with Crippen molar-refractivity contribution < 1.29 is 14.1 Å². The summed E-state index contributed by atoms with van der Waals surface area (Å²) in [6.07, 6.45) is 2.59. The minimum absolute atomic E-state index is 0.0221. The number of carbonyl (C=O) groups is 2. The Kier molecular flexibility index (Phi) is 5.87. The molecule has 1 aromatic carbocycles. The molecule has 1 aliphatic rings. The molecule has 2 amide bonds. The van der Waals surface area contributed by atoms with Gasteiger partial charge in [0.25, 0.3) is 0 Å². The van der Waals surface area contributed by atoms with E-state index in [0.717, 1.165) is 12.0 Å². The Bertz CT molecular complexity index is 833. The lowest BCUT2D eigenvalue weighted by Crippen LogP contribution is -2.43. The summed E-state index contributed by atoms with van der Waals surface area (Å²) in [5.74, 6) is 0.843. The zero-order valence-electron chi connectivity index (χ0n) is 17.1. The number of hydrogen-bond acceptors (Lipinski definition) is 4. The van der Waals surface area contributed by atoms with Gasteiger partial charge in [-0.25, -0.2) is 0 Å². The number of benzene rings is 1. The van der Waals surface area contributed by atoms with Gasteiger partial charge in [0.05, 0.1) is 0 Å². The van der Waals surface area contributed by atoms with Crippen LogP contribution >= 0.6 is 0 Å². The van der Waals surface area contributed by atoms with Gasteiger partial charge in [0.1, 0.15) is 11.8 Å². The number of aromatic nitrogens is 1. The zero-order chi connectivity index (χ0) is 20.3. The molecule has 28 heavy (non-hydrogen) atoms. The number of amides is 2. The molecule has 1 N–H and O–H groups in total. The van der Waals surface area contributed by atoms with Crippen LogP contribution in [-0.4, -0.2) is 34.5 Å². The second kappa shape index (κ2) is 8.17. The highest BCUT2D eigenvalue weighted by molar-refractivity contribution is 5.96. The second-order valence-electron chi connectivity index (χ2n) is 8.50. The minimum atomic E-state index is -0.437. The maximum absolute atomic E-state index is 12.7. The Morgan fingerprint density at radius 3 is 2.57 bits per heavy atom. The molecule has 6 heteroatoms. The van der Waals surface area contributed by atoms with Crippen molar-refractivity contribution in [2.45, 2.75) is 64.8 Å². The van der Waals surface area contributed by atoms with Crippen LogP contribution in [0.15, 0.2) is 34.9 Å². The maximum atomic E-state index is 12.7. The predicted octanol–water partition coefficient (Wildman–Crippen LogP) is 3.84. The van der Waals surface area contributed by atoms with E-state index in [1.54, 1.807) is 17.9 Å². The van der Waals surface area contributed by atoms with Crippen LogP contribution in [0.3, 0.4) is 0 Å². The summed E-state index contributed by atoms with van der Waals surface area (Å²) in [6.45, 7) is 8.94. The topological polar surface area (TPSA) is 75.4 Å². The molecule has 6 nitrogen and oxygen atoms in total. The van der Waals surface area contributed by atoms with E-state index in [1.165, 1.54) is 5.56 Å². The zero-order valence-corrected chi connectivity index (χ0v) is 17.1. The van der Waals surface area contributed by atoms with E-state index in [1.807, 2.05) is 0 Å². The van der Waals surface area contributed by atoms with Gasteiger partial charge in [-0.3, -0.25) is 9.59 Å². The normalized spacial score (nSPS) is 17.0. The van der Waals surface area contributed by atoms with Crippen LogP contribution in [0.5, 0.6) is 0 Å². The van der Waals surface area contributed by atoms with Gasteiger partial charge in [0.15, 0.2) is 5.82 Å². The third-order valence-electron chi connectivity index (χ3n) is 5.20. The minimum Gasteiger partial charge on any atom is -0.360 e. The predicted molar refractivity (Wildman–Crippen MR) is 108 cm³/mol. The van der Waals surface area contributed by atoms with Crippen molar-refractivity contribution in [1.29, 1.82) is 0 Å². The van der Waals surface area contributed by atoms with E-state index < -0.39 is 6.04 Å². The molecule has 3 rings (SSSR count). The fourth-order valence-corrected chi connectivity index (χ4v) is 3.54. The van der Waals surface area contributed by atoms with Crippen molar-refractivity contribution in [2.24, 2.45) is 0 Å². The lowest BCUT2D eigenvalue weighted by Gasteiger charge is -2.23. The third-order valence-corrected chi connectivity index (χ3v) is 5.20. The van der Waals surface area contributed by atoms with Crippen LogP contribution in [-0.2, 0) is 21.4 Å². The van der Waals surface area contributed by atoms with Gasteiger partial charge in [0, 0.05) is 19.0 Å². The van der Waals surface area contributed by atoms with Crippen molar-refractivity contribution in [3.8, 4) is 0 Å². The van der Waals surface area contributed by atoms with Crippen LogP contribution in [0, 0.1) is 6.92 Å². The molecule has 2 heterocycles. The molecule has 1 aromatic heterocycles. The highest BCUT2D eigenvalue weighted by Gasteiger charge is 2.34. The summed E-state index contributed by atoms with van der Waals surface area (Å²) in [6, 6.07) is 9.68. The number of likely N-dealkylation sites (tertiary alicyclic amines) is 1. The standard InChI is InChI=1S/C22H29N3O3/c1-15-14-19(24-28-15)23-21(27)18-6-5-13-25(18)20(26)12-9-16-7-10-17(11-8-16)22(2,3)4/h7-8,10-11,14,18H,5-6,9,12-13H2,1-4H3,(H,23,24,27). The van der Waals surface area contributed by atoms with E-state index in [-0.39, 0.29) is 17.2 Å². The molecule has 1 fully saturated rings. The molecule has 1 atom stereocenters. The largest absolute Gasteiger partial charge is 0.360 e. The van der Waals surface area contributed by atoms with Crippen molar-refractivity contribution >= 4 is 17.6 Å². The molecule has 1 unspecified atom stereocenters. The number of nitrogens with one attached hydrogen (secondary N) is 1.